The van der Waals surface area contributed by atoms with Gasteiger partial charge in [0.2, 0.25) is 0 Å². The molecule has 0 fully saturated rings. The van der Waals surface area contributed by atoms with Crippen LogP contribution in [-0.2, 0) is 6.61 Å². The van der Waals surface area contributed by atoms with E-state index >= 15 is 0 Å². The molecule has 1 aromatic carbocycles. The molecule has 0 saturated heterocycles. The van der Waals surface area contributed by atoms with Crippen LogP contribution in [-0.4, -0.2) is 10.8 Å². The largest absolute Gasteiger partial charge is 0.484 e. The highest BCUT2D eigenvalue weighted by molar-refractivity contribution is 9.10. The first-order chi connectivity index (χ1) is 9.06. The molecule has 19 heavy (non-hydrogen) atoms. The molecule has 0 bridgehead atoms. The Balaban J connectivity index is 2.07. The summed E-state index contributed by atoms with van der Waals surface area (Å²) in [5.41, 5.74) is 1.02. The lowest BCUT2D eigenvalue weighted by Crippen LogP contribution is -2.01. The fourth-order valence-electron chi connectivity index (χ4n) is 1.48. The number of aromatic nitrogens is 1. The van der Waals surface area contributed by atoms with Crippen LogP contribution in [0.25, 0.3) is 0 Å². The van der Waals surface area contributed by atoms with Gasteiger partial charge in [-0.1, -0.05) is 0 Å². The molecule has 0 aliphatic rings. The number of carbonyl (C=O) groups is 1. The van der Waals surface area contributed by atoms with Crippen molar-refractivity contribution in [2.24, 2.45) is 0 Å². The number of hydrogen-bond acceptors (Lipinski definition) is 3. The summed E-state index contributed by atoms with van der Waals surface area (Å²) in [6.07, 6.45) is 1.65. The molecule has 1 aromatic heterocycles. The van der Waals surface area contributed by atoms with Crippen molar-refractivity contribution < 1.29 is 13.9 Å². The van der Waals surface area contributed by atoms with Crippen LogP contribution in [0.5, 0.6) is 5.75 Å². The van der Waals surface area contributed by atoms with Crippen LogP contribution in [0.2, 0.25) is 0 Å². The molecule has 5 heteroatoms. The van der Waals surface area contributed by atoms with E-state index in [-0.39, 0.29) is 18.1 Å². The monoisotopic (exact) mass is 323 g/mol. The highest BCUT2D eigenvalue weighted by Gasteiger charge is 2.07. The van der Waals surface area contributed by atoms with E-state index in [0.717, 1.165) is 4.47 Å². The second-order valence-corrected chi connectivity index (χ2v) is 4.87. The smallest absolute Gasteiger partial charge is 0.165 e. The van der Waals surface area contributed by atoms with Gasteiger partial charge in [0.25, 0.3) is 0 Å². The molecule has 0 atom stereocenters. The molecule has 3 nitrogen and oxygen atoms in total. The minimum Gasteiger partial charge on any atom is -0.484 e. The van der Waals surface area contributed by atoms with E-state index in [0.29, 0.717) is 11.3 Å². The maximum atomic E-state index is 13.7. The average Bonchev–Trinajstić information content (AvgIpc) is 2.39. The van der Waals surface area contributed by atoms with E-state index in [4.69, 9.17) is 4.74 Å². The molecule has 0 aliphatic heterocycles. The first kappa shape index (κ1) is 13.7. The highest BCUT2D eigenvalue weighted by Crippen LogP contribution is 2.20. The van der Waals surface area contributed by atoms with E-state index in [1.165, 1.54) is 25.1 Å². The maximum absolute atomic E-state index is 13.7. The fraction of sp³-hybridized carbons (Fsp3) is 0.143. The molecular formula is C14H11BrFNO2. The summed E-state index contributed by atoms with van der Waals surface area (Å²) >= 11 is 3.28. The third-order valence-electron chi connectivity index (χ3n) is 2.50. The van der Waals surface area contributed by atoms with Crippen LogP contribution in [0.15, 0.2) is 41.0 Å². The number of nitrogens with zero attached hydrogens (tertiary/aromatic N) is 1. The van der Waals surface area contributed by atoms with Gasteiger partial charge in [-0.3, -0.25) is 9.78 Å². The summed E-state index contributed by atoms with van der Waals surface area (Å²) < 4.78 is 19.9. The standard InChI is InChI=1S/C14H11BrFNO2/c1-9(18)10-2-5-14(13(16)6-10)19-8-12-4-3-11(15)7-17-12/h2-7H,8H2,1H3. The van der Waals surface area contributed by atoms with E-state index in [2.05, 4.69) is 20.9 Å². The number of halogens is 2. The summed E-state index contributed by atoms with van der Waals surface area (Å²) in [5, 5.41) is 0. The molecule has 0 radical (unpaired) electrons. The maximum Gasteiger partial charge on any atom is 0.165 e. The number of hydrogen-bond donors (Lipinski definition) is 0. The molecule has 0 aliphatic carbocycles. The van der Waals surface area contributed by atoms with Crippen LogP contribution >= 0.6 is 15.9 Å². The van der Waals surface area contributed by atoms with Crippen molar-refractivity contribution in [2.45, 2.75) is 13.5 Å². The highest BCUT2D eigenvalue weighted by atomic mass is 79.9. The van der Waals surface area contributed by atoms with Crippen molar-refractivity contribution in [3.05, 3.63) is 58.1 Å². The van der Waals surface area contributed by atoms with Crippen LogP contribution in [0.4, 0.5) is 4.39 Å². The second kappa shape index (κ2) is 5.93. The Bertz CT molecular complexity index is 599. The van der Waals surface area contributed by atoms with Crippen LogP contribution < -0.4 is 4.74 Å². The van der Waals surface area contributed by atoms with Gasteiger partial charge < -0.3 is 4.74 Å². The molecule has 0 amide bonds. The lowest BCUT2D eigenvalue weighted by molar-refractivity contribution is 0.101. The minimum atomic E-state index is -0.551. The van der Waals surface area contributed by atoms with Gasteiger partial charge in [-0.15, -0.1) is 0 Å². The molecule has 0 N–H and O–H groups in total. The third-order valence-corrected chi connectivity index (χ3v) is 2.97. The van der Waals surface area contributed by atoms with Crippen LogP contribution in [0, 0.1) is 5.82 Å². The van der Waals surface area contributed by atoms with Gasteiger partial charge in [-0.25, -0.2) is 4.39 Å². The number of carbonyl (C=O) groups excluding carboxylic acids is 1. The number of ether oxygens (including phenoxy) is 1. The lowest BCUT2D eigenvalue weighted by Gasteiger charge is -2.07. The molecule has 0 spiro atoms. The zero-order valence-corrected chi connectivity index (χ0v) is 11.8. The average molecular weight is 324 g/mol. The Morgan fingerprint density at radius 1 is 1.37 bits per heavy atom. The summed E-state index contributed by atoms with van der Waals surface area (Å²) in [5.74, 6) is -0.625. The molecule has 0 saturated carbocycles. The van der Waals surface area contributed by atoms with Crippen molar-refractivity contribution in [2.75, 3.05) is 0 Å². The van der Waals surface area contributed by atoms with Gasteiger partial charge in [0.05, 0.1) is 5.69 Å². The Labute approximate surface area is 118 Å². The van der Waals surface area contributed by atoms with Gasteiger partial charge in [0.1, 0.15) is 6.61 Å². The van der Waals surface area contributed by atoms with Gasteiger partial charge in [-0.2, -0.15) is 0 Å². The number of ketones is 1. The van der Waals surface area contributed by atoms with Crippen molar-refractivity contribution in [3.8, 4) is 5.75 Å². The van der Waals surface area contributed by atoms with Gasteiger partial charge in [0.15, 0.2) is 17.3 Å². The predicted octanol–water partition coefficient (Wildman–Crippen LogP) is 3.76. The Morgan fingerprint density at radius 3 is 2.74 bits per heavy atom. The molecule has 2 aromatic rings. The van der Waals surface area contributed by atoms with E-state index in [1.54, 1.807) is 12.3 Å². The number of rotatable bonds is 4. The second-order valence-electron chi connectivity index (χ2n) is 3.96. The topological polar surface area (TPSA) is 39.2 Å². The molecule has 98 valence electrons. The fourth-order valence-corrected chi connectivity index (χ4v) is 1.71. The zero-order chi connectivity index (χ0) is 13.8. The number of benzene rings is 1. The first-order valence-electron chi connectivity index (χ1n) is 5.60. The number of pyridine rings is 1. The Morgan fingerprint density at radius 2 is 2.16 bits per heavy atom. The van der Waals surface area contributed by atoms with E-state index in [9.17, 15) is 9.18 Å². The van der Waals surface area contributed by atoms with Gasteiger partial charge >= 0.3 is 0 Å². The minimum absolute atomic E-state index is 0.106. The Kier molecular flexibility index (Phi) is 4.27. The molecule has 1 heterocycles. The summed E-state index contributed by atoms with van der Waals surface area (Å²) in [6.45, 7) is 1.56. The lowest BCUT2D eigenvalue weighted by atomic mass is 10.1. The summed E-state index contributed by atoms with van der Waals surface area (Å²) in [4.78, 5) is 15.2. The van der Waals surface area contributed by atoms with Crippen molar-refractivity contribution in [1.82, 2.24) is 4.98 Å². The summed E-state index contributed by atoms with van der Waals surface area (Å²) in [7, 11) is 0. The van der Waals surface area contributed by atoms with Crippen LogP contribution in [0.3, 0.4) is 0 Å². The third kappa shape index (κ3) is 3.61. The molecule has 0 unspecified atom stereocenters. The summed E-state index contributed by atoms with van der Waals surface area (Å²) in [6, 6.07) is 7.78. The van der Waals surface area contributed by atoms with E-state index in [1.807, 2.05) is 6.07 Å². The normalized spacial score (nSPS) is 10.3. The van der Waals surface area contributed by atoms with Crippen molar-refractivity contribution in [1.29, 1.82) is 0 Å². The molecule has 2 rings (SSSR count). The van der Waals surface area contributed by atoms with Crippen molar-refractivity contribution in [3.63, 3.8) is 0 Å². The number of Topliss-reactive ketones (excluding diaryl/α,β-unsaturated/α-hetero) is 1. The van der Waals surface area contributed by atoms with Crippen molar-refractivity contribution >= 4 is 21.7 Å². The first-order valence-corrected chi connectivity index (χ1v) is 6.39. The Hall–Kier alpha value is -1.75. The van der Waals surface area contributed by atoms with E-state index < -0.39 is 5.82 Å². The molecular weight excluding hydrogens is 313 g/mol. The van der Waals surface area contributed by atoms with Crippen LogP contribution in [0.1, 0.15) is 23.0 Å². The predicted molar refractivity (Wildman–Crippen MR) is 72.7 cm³/mol. The zero-order valence-electron chi connectivity index (χ0n) is 10.2. The quantitative estimate of drug-likeness (QED) is 0.804. The van der Waals surface area contributed by atoms with Gasteiger partial charge in [0, 0.05) is 16.2 Å². The SMILES string of the molecule is CC(=O)c1ccc(OCc2ccc(Br)cn2)c(F)c1. The van der Waals surface area contributed by atoms with Gasteiger partial charge in [-0.05, 0) is 53.2 Å².